The third kappa shape index (κ3) is 4.52. The van der Waals surface area contributed by atoms with Crippen LogP contribution in [0, 0.1) is 10.1 Å². The van der Waals surface area contributed by atoms with Crippen molar-refractivity contribution in [2.45, 2.75) is 0 Å². The number of amides is 1. The number of halogens is 1. The molecule has 0 aliphatic rings. The molecule has 11 heteroatoms. The number of anilines is 3. The van der Waals surface area contributed by atoms with Crippen molar-refractivity contribution in [2.24, 2.45) is 0 Å². The molecule has 0 saturated heterocycles. The molecule has 0 spiro atoms. The van der Waals surface area contributed by atoms with Crippen LogP contribution in [-0.4, -0.2) is 25.8 Å². The predicted molar refractivity (Wildman–Crippen MR) is 101 cm³/mol. The first-order valence-corrected chi connectivity index (χ1v) is 8.33. The normalized spacial score (nSPS) is 10.1. The molecule has 0 saturated carbocycles. The molecule has 0 aliphatic carbocycles. The number of hydrogen-bond donors (Lipinski definition) is 3. The zero-order valence-corrected chi connectivity index (χ0v) is 15.2. The van der Waals surface area contributed by atoms with Crippen LogP contribution in [0.5, 0.6) is 0 Å². The SMILES string of the molecule is O=C(NNc1ncnc(Nc2cccc(Br)c2)c1[N+](=O)[O-])c1ccccn1. The molecule has 0 atom stereocenters. The van der Waals surface area contributed by atoms with Gasteiger partial charge < -0.3 is 5.32 Å². The molecular weight excluding hydrogens is 418 g/mol. The summed E-state index contributed by atoms with van der Waals surface area (Å²) < 4.78 is 0.796. The van der Waals surface area contributed by atoms with Gasteiger partial charge >= 0.3 is 5.69 Å². The Morgan fingerprint density at radius 1 is 1.07 bits per heavy atom. The molecule has 1 amide bonds. The Morgan fingerprint density at radius 3 is 2.59 bits per heavy atom. The molecule has 2 heterocycles. The van der Waals surface area contributed by atoms with Crippen molar-refractivity contribution in [3.8, 4) is 0 Å². The summed E-state index contributed by atoms with van der Waals surface area (Å²) in [6, 6.07) is 11.9. The van der Waals surface area contributed by atoms with E-state index >= 15 is 0 Å². The second-order valence-electron chi connectivity index (χ2n) is 5.11. The highest BCUT2D eigenvalue weighted by atomic mass is 79.9. The minimum absolute atomic E-state index is 0.0253. The molecule has 136 valence electrons. The molecule has 3 N–H and O–H groups in total. The summed E-state index contributed by atoms with van der Waals surface area (Å²) in [7, 11) is 0. The minimum atomic E-state index is -0.643. The lowest BCUT2D eigenvalue weighted by molar-refractivity contribution is -0.383. The van der Waals surface area contributed by atoms with E-state index in [2.05, 4.69) is 47.1 Å². The molecule has 27 heavy (non-hydrogen) atoms. The Hall–Kier alpha value is -3.60. The van der Waals surface area contributed by atoms with Gasteiger partial charge in [0.15, 0.2) is 0 Å². The van der Waals surface area contributed by atoms with E-state index in [0.717, 1.165) is 10.8 Å². The Morgan fingerprint density at radius 2 is 1.89 bits per heavy atom. The van der Waals surface area contributed by atoms with Crippen molar-refractivity contribution >= 4 is 44.8 Å². The van der Waals surface area contributed by atoms with Gasteiger partial charge in [0.05, 0.1) is 4.92 Å². The molecule has 0 aliphatic heterocycles. The van der Waals surface area contributed by atoms with Crippen LogP contribution in [0.4, 0.5) is 23.0 Å². The largest absolute Gasteiger partial charge is 0.355 e. The monoisotopic (exact) mass is 429 g/mol. The fraction of sp³-hybridized carbons (Fsp3) is 0. The van der Waals surface area contributed by atoms with Crippen molar-refractivity contribution in [3.05, 3.63) is 75.3 Å². The highest BCUT2D eigenvalue weighted by Crippen LogP contribution is 2.31. The first kappa shape index (κ1) is 18.2. The van der Waals surface area contributed by atoms with Crippen LogP contribution < -0.4 is 16.2 Å². The van der Waals surface area contributed by atoms with Crippen molar-refractivity contribution in [1.29, 1.82) is 0 Å². The molecule has 0 unspecified atom stereocenters. The van der Waals surface area contributed by atoms with E-state index in [1.807, 2.05) is 6.07 Å². The first-order valence-electron chi connectivity index (χ1n) is 7.54. The molecule has 0 bridgehead atoms. The van der Waals surface area contributed by atoms with Gasteiger partial charge in [-0.2, -0.15) is 0 Å². The molecule has 0 radical (unpaired) electrons. The lowest BCUT2D eigenvalue weighted by Gasteiger charge is -2.11. The van der Waals surface area contributed by atoms with E-state index < -0.39 is 16.5 Å². The number of nitrogens with zero attached hydrogens (tertiary/aromatic N) is 4. The van der Waals surface area contributed by atoms with Gasteiger partial charge in [-0.25, -0.2) is 9.97 Å². The van der Waals surface area contributed by atoms with Crippen molar-refractivity contribution in [1.82, 2.24) is 20.4 Å². The van der Waals surface area contributed by atoms with Gasteiger partial charge in [0.25, 0.3) is 5.91 Å². The Balaban J connectivity index is 1.83. The van der Waals surface area contributed by atoms with Gasteiger partial charge in [0.1, 0.15) is 12.0 Å². The second-order valence-corrected chi connectivity index (χ2v) is 6.02. The number of aromatic nitrogens is 3. The first-order chi connectivity index (χ1) is 13.0. The average molecular weight is 430 g/mol. The second kappa shape index (κ2) is 8.19. The summed E-state index contributed by atoms with van der Waals surface area (Å²) in [5.41, 5.74) is 5.10. The van der Waals surface area contributed by atoms with Crippen LogP contribution in [0.3, 0.4) is 0 Å². The zero-order valence-electron chi connectivity index (χ0n) is 13.6. The van der Waals surface area contributed by atoms with E-state index in [0.29, 0.717) is 5.69 Å². The quantitative estimate of drug-likeness (QED) is 0.401. The summed E-state index contributed by atoms with van der Waals surface area (Å²) in [6.45, 7) is 0. The van der Waals surface area contributed by atoms with E-state index in [4.69, 9.17) is 0 Å². The highest BCUT2D eigenvalue weighted by Gasteiger charge is 2.23. The Kier molecular flexibility index (Phi) is 5.52. The number of carbonyl (C=O) groups is 1. The van der Waals surface area contributed by atoms with Gasteiger partial charge in [0.2, 0.25) is 11.6 Å². The number of hydrazine groups is 1. The Labute approximate surface area is 161 Å². The van der Waals surface area contributed by atoms with E-state index in [1.165, 1.54) is 12.3 Å². The van der Waals surface area contributed by atoms with Crippen molar-refractivity contribution in [2.75, 3.05) is 10.7 Å². The van der Waals surface area contributed by atoms with Gasteiger partial charge in [-0.1, -0.05) is 28.1 Å². The topological polar surface area (TPSA) is 135 Å². The summed E-state index contributed by atoms with van der Waals surface area (Å²) in [5, 5.41) is 14.4. The maximum atomic E-state index is 12.0. The van der Waals surface area contributed by atoms with Gasteiger partial charge in [-0.05, 0) is 30.3 Å². The molecule has 2 aromatic heterocycles. The number of hydrogen-bond acceptors (Lipinski definition) is 8. The summed E-state index contributed by atoms with van der Waals surface area (Å²) in [6.07, 6.45) is 2.60. The predicted octanol–water partition coefficient (Wildman–Crippen LogP) is 3.04. The standard InChI is InChI=1S/C16H12BrN7O3/c17-10-4-3-5-11(8-10)21-14-13(24(26)27)15(20-9-19-14)22-23-16(25)12-6-1-2-7-18-12/h1-9H,(H,23,25)(H2,19,20,21,22). The molecule has 0 fully saturated rings. The number of benzene rings is 1. The van der Waals surface area contributed by atoms with Crippen molar-refractivity contribution < 1.29 is 9.72 Å². The number of rotatable bonds is 6. The van der Waals surface area contributed by atoms with Gasteiger partial charge in [0, 0.05) is 16.4 Å². The van der Waals surface area contributed by atoms with E-state index in [1.54, 1.807) is 30.3 Å². The molecule has 3 aromatic rings. The van der Waals surface area contributed by atoms with Crippen LogP contribution in [-0.2, 0) is 0 Å². The number of nitrogens with one attached hydrogen (secondary N) is 3. The maximum Gasteiger partial charge on any atom is 0.355 e. The van der Waals surface area contributed by atoms with E-state index in [-0.39, 0.29) is 17.3 Å². The maximum absolute atomic E-state index is 12.0. The number of pyridine rings is 1. The number of carbonyl (C=O) groups excluding carboxylic acids is 1. The fourth-order valence-electron chi connectivity index (χ4n) is 2.11. The van der Waals surface area contributed by atoms with Crippen LogP contribution in [0.1, 0.15) is 10.5 Å². The molecule has 10 nitrogen and oxygen atoms in total. The third-order valence-corrected chi connectivity index (χ3v) is 3.78. The molecular formula is C16H12BrN7O3. The van der Waals surface area contributed by atoms with Crippen LogP contribution >= 0.6 is 15.9 Å². The summed E-state index contributed by atoms with van der Waals surface area (Å²) in [4.78, 5) is 34.6. The molecule has 3 rings (SSSR count). The van der Waals surface area contributed by atoms with Crippen molar-refractivity contribution in [3.63, 3.8) is 0 Å². The highest BCUT2D eigenvalue weighted by molar-refractivity contribution is 9.10. The van der Waals surface area contributed by atoms with E-state index in [9.17, 15) is 14.9 Å². The van der Waals surface area contributed by atoms with Crippen LogP contribution in [0.2, 0.25) is 0 Å². The lowest BCUT2D eigenvalue weighted by Crippen LogP contribution is -2.31. The summed E-state index contributed by atoms with van der Waals surface area (Å²) >= 11 is 3.33. The zero-order chi connectivity index (χ0) is 19.2. The van der Waals surface area contributed by atoms with Gasteiger partial charge in [-0.15, -0.1) is 0 Å². The lowest BCUT2D eigenvalue weighted by atomic mass is 10.3. The smallest absolute Gasteiger partial charge is 0.334 e. The Bertz CT molecular complexity index is 985. The fourth-order valence-corrected chi connectivity index (χ4v) is 2.51. The van der Waals surface area contributed by atoms with Crippen LogP contribution in [0.15, 0.2) is 59.5 Å². The van der Waals surface area contributed by atoms with Gasteiger partial charge in [-0.3, -0.25) is 30.7 Å². The minimum Gasteiger partial charge on any atom is -0.334 e. The average Bonchev–Trinajstić information content (AvgIpc) is 2.66. The third-order valence-electron chi connectivity index (χ3n) is 3.28. The van der Waals surface area contributed by atoms with Crippen LogP contribution in [0.25, 0.3) is 0 Å². The number of nitro groups is 1. The summed E-state index contributed by atoms with van der Waals surface area (Å²) in [5.74, 6) is -0.760. The molecule has 1 aromatic carbocycles.